The van der Waals surface area contributed by atoms with Gasteiger partial charge in [-0.2, -0.15) is 0 Å². The van der Waals surface area contributed by atoms with Gasteiger partial charge >= 0.3 is 5.97 Å². The second kappa shape index (κ2) is 4.23. The van der Waals surface area contributed by atoms with Crippen LogP contribution in [0.5, 0.6) is 0 Å². The molecular weight excluding hydrogens is 236 g/mol. The molecule has 0 saturated carbocycles. The summed E-state index contributed by atoms with van der Waals surface area (Å²) in [6, 6.07) is 1.84. The van der Waals surface area contributed by atoms with Gasteiger partial charge in [0.1, 0.15) is 12.4 Å². The van der Waals surface area contributed by atoms with Crippen LogP contribution < -0.4 is 5.32 Å². The molecule has 0 bridgehead atoms. The standard InChI is InChI=1S/C8H9BrN2O2/c1-5-2-3-10-8(7(5)9)11-4-6(12)13/h2-3H,4H2,1H3,(H,10,11)(H,12,13). The smallest absolute Gasteiger partial charge is 0.322 e. The molecule has 0 spiro atoms. The van der Waals surface area contributed by atoms with Crippen LogP contribution in [0.3, 0.4) is 0 Å². The molecule has 5 heteroatoms. The fraction of sp³-hybridized carbons (Fsp3) is 0.250. The SMILES string of the molecule is Cc1ccnc(NCC(=O)O)c1Br. The van der Waals surface area contributed by atoms with Gasteiger partial charge in [0, 0.05) is 6.20 Å². The number of carboxylic acid groups (broad SMARTS) is 1. The fourth-order valence-electron chi connectivity index (χ4n) is 0.823. The van der Waals surface area contributed by atoms with Crippen molar-refractivity contribution in [1.82, 2.24) is 4.98 Å². The number of aromatic nitrogens is 1. The Morgan fingerprint density at radius 2 is 2.46 bits per heavy atom. The molecule has 13 heavy (non-hydrogen) atoms. The van der Waals surface area contributed by atoms with Gasteiger partial charge in [0.25, 0.3) is 0 Å². The van der Waals surface area contributed by atoms with Gasteiger partial charge in [-0.05, 0) is 34.5 Å². The minimum absolute atomic E-state index is 0.130. The molecule has 1 heterocycles. The summed E-state index contributed by atoms with van der Waals surface area (Å²) in [5.41, 5.74) is 1.02. The van der Waals surface area contributed by atoms with E-state index >= 15 is 0 Å². The highest BCUT2D eigenvalue weighted by molar-refractivity contribution is 9.10. The molecule has 4 nitrogen and oxygen atoms in total. The van der Waals surface area contributed by atoms with E-state index in [0.29, 0.717) is 5.82 Å². The van der Waals surface area contributed by atoms with Gasteiger partial charge in [-0.25, -0.2) is 4.98 Å². The largest absolute Gasteiger partial charge is 0.480 e. The zero-order valence-electron chi connectivity index (χ0n) is 7.04. The number of aliphatic carboxylic acids is 1. The number of carboxylic acids is 1. The van der Waals surface area contributed by atoms with Crippen LogP contribution in [0.15, 0.2) is 16.7 Å². The van der Waals surface area contributed by atoms with E-state index in [0.717, 1.165) is 10.0 Å². The molecule has 0 aliphatic carbocycles. The number of nitrogens with one attached hydrogen (secondary N) is 1. The van der Waals surface area contributed by atoms with Crippen LogP contribution in [-0.4, -0.2) is 22.6 Å². The lowest BCUT2D eigenvalue weighted by atomic mass is 10.3. The summed E-state index contributed by atoms with van der Waals surface area (Å²) in [7, 11) is 0. The molecular formula is C8H9BrN2O2. The van der Waals surface area contributed by atoms with E-state index in [9.17, 15) is 4.79 Å². The number of nitrogens with zero attached hydrogens (tertiary/aromatic N) is 1. The van der Waals surface area contributed by atoms with Gasteiger partial charge in [0.2, 0.25) is 0 Å². The molecule has 0 atom stereocenters. The number of carbonyl (C=O) groups is 1. The maximum Gasteiger partial charge on any atom is 0.322 e. The zero-order valence-corrected chi connectivity index (χ0v) is 8.63. The third kappa shape index (κ3) is 2.69. The van der Waals surface area contributed by atoms with E-state index in [4.69, 9.17) is 5.11 Å². The maximum absolute atomic E-state index is 10.3. The number of pyridine rings is 1. The number of hydrogen-bond acceptors (Lipinski definition) is 3. The topological polar surface area (TPSA) is 62.2 Å². The number of rotatable bonds is 3. The van der Waals surface area contributed by atoms with Crippen LogP contribution in [0.1, 0.15) is 5.56 Å². The van der Waals surface area contributed by atoms with Crippen molar-refractivity contribution in [3.05, 3.63) is 22.3 Å². The first-order valence-corrected chi connectivity index (χ1v) is 4.47. The fourth-order valence-corrected chi connectivity index (χ4v) is 1.20. The average Bonchev–Trinajstić information content (AvgIpc) is 2.07. The Morgan fingerprint density at radius 3 is 3.08 bits per heavy atom. The summed E-state index contributed by atoms with van der Waals surface area (Å²) in [6.07, 6.45) is 1.63. The molecule has 0 fully saturated rings. The van der Waals surface area contributed by atoms with Crippen molar-refractivity contribution in [1.29, 1.82) is 0 Å². The molecule has 0 amide bonds. The second-order valence-electron chi connectivity index (χ2n) is 2.54. The van der Waals surface area contributed by atoms with Crippen molar-refractivity contribution in [2.75, 3.05) is 11.9 Å². The number of halogens is 1. The summed E-state index contributed by atoms with van der Waals surface area (Å²) in [5.74, 6) is -0.349. The highest BCUT2D eigenvalue weighted by Crippen LogP contribution is 2.22. The zero-order chi connectivity index (χ0) is 9.84. The summed E-state index contributed by atoms with van der Waals surface area (Å²) in [5, 5.41) is 11.1. The molecule has 0 unspecified atom stereocenters. The van der Waals surface area contributed by atoms with Gasteiger partial charge in [0.15, 0.2) is 0 Å². The molecule has 1 aromatic heterocycles. The van der Waals surface area contributed by atoms with Gasteiger partial charge in [-0.3, -0.25) is 4.79 Å². The van der Waals surface area contributed by atoms with Gasteiger partial charge in [-0.15, -0.1) is 0 Å². The Hall–Kier alpha value is -1.10. The van der Waals surface area contributed by atoms with Crippen molar-refractivity contribution >= 4 is 27.7 Å². The molecule has 70 valence electrons. The van der Waals surface area contributed by atoms with E-state index in [1.807, 2.05) is 13.0 Å². The van der Waals surface area contributed by atoms with E-state index in [1.165, 1.54) is 0 Å². The average molecular weight is 245 g/mol. The van der Waals surface area contributed by atoms with Gasteiger partial charge in [-0.1, -0.05) is 0 Å². The first-order chi connectivity index (χ1) is 6.11. The molecule has 0 aliphatic rings. The Bertz CT molecular complexity index is 328. The minimum atomic E-state index is -0.907. The highest BCUT2D eigenvalue weighted by Gasteiger charge is 2.04. The third-order valence-corrected chi connectivity index (χ3v) is 2.49. The van der Waals surface area contributed by atoms with E-state index in [2.05, 4.69) is 26.2 Å². The van der Waals surface area contributed by atoms with E-state index < -0.39 is 5.97 Å². The predicted molar refractivity (Wildman–Crippen MR) is 52.8 cm³/mol. The lowest BCUT2D eigenvalue weighted by molar-refractivity contribution is -0.134. The summed E-state index contributed by atoms with van der Waals surface area (Å²) >= 11 is 3.31. The maximum atomic E-state index is 10.3. The van der Waals surface area contributed by atoms with E-state index in [-0.39, 0.29) is 6.54 Å². The number of anilines is 1. The van der Waals surface area contributed by atoms with Crippen LogP contribution in [0.4, 0.5) is 5.82 Å². The van der Waals surface area contributed by atoms with Crippen molar-refractivity contribution in [2.24, 2.45) is 0 Å². The van der Waals surface area contributed by atoms with Crippen LogP contribution in [-0.2, 0) is 4.79 Å². The third-order valence-electron chi connectivity index (χ3n) is 1.49. The number of aryl methyl sites for hydroxylation is 1. The Labute approximate surface area is 84.1 Å². The molecule has 2 N–H and O–H groups in total. The van der Waals surface area contributed by atoms with Crippen molar-refractivity contribution in [2.45, 2.75) is 6.92 Å². The van der Waals surface area contributed by atoms with Crippen molar-refractivity contribution in [3.63, 3.8) is 0 Å². The van der Waals surface area contributed by atoms with Crippen molar-refractivity contribution in [3.8, 4) is 0 Å². The van der Waals surface area contributed by atoms with Crippen LogP contribution in [0.25, 0.3) is 0 Å². The Morgan fingerprint density at radius 1 is 1.77 bits per heavy atom. The van der Waals surface area contributed by atoms with Gasteiger partial charge in [0.05, 0.1) is 4.47 Å². The van der Waals surface area contributed by atoms with Gasteiger partial charge < -0.3 is 10.4 Å². The molecule has 0 aliphatic heterocycles. The normalized spacial score (nSPS) is 9.69. The monoisotopic (exact) mass is 244 g/mol. The summed E-state index contributed by atoms with van der Waals surface area (Å²) in [4.78, 5) is 14.3. The first-order valence-electron chi connectivity index (χ1n) is 3.68. The lowest BCUT2D eigenvalue weighted by Crippen LogP contribution is -2.13. The number of hydrogen-bond donors (Lipinski definition) is 2. The minimum Gasteiger partial charge on any atom is -0.480 e. The van der Waals surface area contributed by atoms with Crippen LogP contribution in [0, 0.1) is 6.92 Å². The molecule has 1 aromatic rings. The molecule has 0 aromatic carbocycles. The van der Waals surface area contributed by atoms with Crippen molar-refractivity contribution < 1.29 is 9.90 Å². The van der Waals surface area contributed by atoms with E-state index in [1.54, 1.807) is 6.20 Å². The molecule has 1 rings (SSSR count). The Kier molecular flexibility index (Phi) is 3.25. The first kappa shape index (κ1) is 9.98. The quantitative estimate of drug-likeness (QED) is 0.849. The van der Waals surface area contributed by atoms with Crippen LogP contribution in [0.2, 0.25) is 0 Å². The Balaban J connectivity index is 2.77. The molecule has 0 radical (unpaired) electrons. The molecule has 0 saturated heterocycles. The predicted octanol–water partition coefficient (Wildman–Crippen LogP) is 1.65. The summed E-state index contributed by atoms with van der Waals surface area (Å²) in [6.45, 7) is 1.78. The highest BCUT2D eigenvalue weighted by atomic mass is 79.9. The lowest BCUT2D eigenvalue weighted by Gasteiger charge is -2.06. The summed E-state index contributed by atoms with van der Waals surface area (Å²) < 4.78 is 0.802. The van der Waals surface area contributed by atoms with Crippen LogP contribution >= 0.6 is 15.9 Å². The second-order valence-corrected chi connectivity index (χ2v) is 3.33.